The quantitative estimate of drug-likeness (QED) is 0.274. The standard InChI is InChI=1S/C27H38N6O3Si/c1-18-19(16-36-27(2,3)35-4)21(37(13-9-5-6-10-14-37)22-11-7-8-12-29-22)15-20(18)33-17-30-23-24(33)31-26(28)32-25(23)34/h7-8,11-12,17,19-21H,1,5-6,9-10,13-16H2,2-4H3,(H3,28,31,32,34)/t19-,20-,21-/m0/s1. The van der Waals surface area contributed by atoms with Crippen LogP contribution in [0.25, 0.3) is 11.2 Å². The largest absolute Gasteiger partial charge is 0.369 e. The number of H-pyrrole nitrogens is 1. The van der Waals surface area contributed by atoms with E-state index in [4.69, 9.17) is 20.2 Å². The third-order valence-electron chi connectivity index (χ3n) is 8.64. The lowest BCUT2D eigenvalue weighted by atomic mass is 10.0. The second-order valence-corrected chi connectivity index (χ2v) is 15.6. The number of nitrogens with two attached hydrogens (primary N) is 1. The summed E-state index contributed by atoms with van der Waals surface area (Å²) in [6.45, 7) is 9.03. The van der Waals surface area contributed by atoms with Gasteiger partial charge in [-0.05, 0) is 43.5 Å². The molecule has 9 nitrogen and oxygen atoms in total. The fraction of sp³-hybridized carbons (Fsp3) is 0.556. The second-order valence-electron chi connectivity index (χ2n) is 11.0. The van der Waals surface area contributed by atoms with Gasteiger partial charge in [0.15, 0.2) is 17.0 Å². The van der Waals surface area contributed by atoms with Crippen LogP contribution in [0.5, 0.6) is 0 Å². The number of rotatable bonds is 7. The van der Waals surface area contributed by atoms with E-state index in [9.17, 15) is 4.79 Å². The predicted molar refractivity (Wildman–Crippen MR) is 147 cm³/mol. The minimum atomic E-state index is -2.07. The molecule has 0 unspecified atom stereocenters. The minimum absolute atomic E-state index is 0.0562. The number of hydrogen-bond acceptors (Lipinski definition) is 7. The van der Waals surface area contributed by atoms with Crippen molar-refractivity contribution in [2.45, 2.75) is 75.4 Å². The number of nitrogens with one attached hydrogen (secondary N) is 1. The Labute approximate surface area is 218 Å². The zero-order valence-electron chi connectivity index (χ0n) is 22.1. The highest BCUT2D eigenvalue weighted by Gasteiger charge is 2.53. The summed E-state index contributed by atoms with van der Waals surface area (Å²) in [5.74, 6) is -0.482. The molecule has 1 aliphatic heterocycles. The molecule has 3 N–H and O–H groups in total. The molecular formula is C27H38N6O3Si. The topological polar surface area (TPSA) is 121 Å². The number of pyridine rings is 1. The van der Waals surface area contributed by atoms with Crippen molar-refractivity contribution in [2.24, 2.45) is 5.92 Å². The molecule has 0 radical (unpaired) electrons. The van der Waals surface area contributed by atoms with Gasteiger partial charge in [0.25, 0.3) is 5.56 Å². The maximum Gasteiger partial charge on any atom is 0.280 e. The normalized spacial score (nSPS) is 24.4. The molecule has 1 saturated carbocycles. The zero-order chi connectivity index (χ0) is 26.2. The monoisotopic (exact) mass is 522 g/mol. The summed E-state index contributed by atoms with van der Waals surface area (Å²) >= 11 is 0. The second kappa shape index (κ2) is 10.1. The highest BCUT2D eigenvalue weighted by Crippen LogP contribution is 2.55. The number of fused-ring (bicyclic) bond motifs is 1. The third-order valence-corrected chi connectivity index (χ3v) is 14.5. The summed E-state index contributed by atoms with van der Waals surface area (Å²) in [7, 11) is -0.400. The Morgan fingerprint density at radius 3 is 2.65 bits per heavy atom. The number of anilines is 1. The Hall–Kier alpha value is -2.82. The lowest BCUT2D eigenvalue weighted by molar-refractivity contribution is -0.201. The fourth-order valence-electron chi connectivity index (χ4n) is 6.54. The number of methoxy groups -OCH3 is 1. The number of hydrogen-bond donors (Lipinski definition) is 2. The van der Waals surface area contributed by atoms with Crippen LogP contribution < -0.4 is 16.6 Å². The molecule has 5 rings (SSSR count). The van der Waals surface area contributed by atoms with Crippen molar-refractivity contribution < 1.29 is 9.47 Å². The van der Waals surface area contributed by atoms with Crippen molar-refractivity contribution in [1.29, 1.82) is 0 Å². The molecule has 3 aromatic rings. The Kier molecular flexibility index (Phi) is 7.08. The summed E-state index contributed by atoms with van der Waals surface area (Å²) in [6, 6.07) is 8.76. The van der Waals surface area contributed by atoms with Gasteiger partial charge >= 0.3 is 0 Å². The number of nitrogens with zero attached hydrogens (tertiary/aromatic N) is 4. The molecule has 4 heterocycles. The average Bonchev–Trinajstić information content (AvgIpc) is 3.34. The van der Waals surface area contributed by atoms with Crippen LogP contribution in [-0.4, -0.2) is 52.1 Å². The van der Waals surface area contributed by atoms with E-state index in [1.807, 2.05) is 30.7 Å². The zero-order valence-corrected chi connectivity index (χ0v) is 23.1. The maximum atomic E-state index is 12.5. The first-order chi connectivity index (χ1) is 17.8. The number of aromatic nitrogens is 5. The highest BCUT2D eigenvalue weighted by atomic mass is 28.3. The van der Waals surface area contributed by atoms with Gasteiger partial charge in [-0.3, -0.25) is 14.8 Å². The Balaban J connectivity index is 1.61. The first-order valence-corrected chi connectivity index (χ1v) is 15.8. The average molecular weight is 523 g/mol. The molecular weight excluding hydrogens is 484 g/mol. The van der Waals surface area contributed by atoms with Gasteiger partial charge in [0, 0.05) is 24.5 Å². The molecule has 1 aliphatic carbocycles. The van der Waals surface area contributed by atoms with Crippen molar-refractivity contribution in [3.8, 4) is 0 Å². The van der Waals surface area contributed by atoms with E-state index in [1.165, 1.54) is 43.1 Å². The SMILES string of the molecule is C=C1[C@H](COC(C)(C)OC)[C@@H]([Si]2(c3ccccn3)CCCCCC2)C[C@@H]1n1cnc2c(=O)[nH]c(N)nc21. The van der Waals surface area contributed by atoms with Gasteiger partial charge < -0.3 is 19.8 Å². The molecule has 1 saturated heterocycles. The summed E-state index contributed by atoms with van der Waals surface area (Å²) in [5, 5.41) is 1.29. The molecule has 2 fully saturated rings. The molecule has 0 spiro atoms. The predicted octanol–water partition coefficient (Wildman–Crippen LogP) is 3.91. The van der Waals surface area contributed by atoms with Crippen LogP contribution in [0.3, 0.4) is 0 Å². The maximum absolute atomic E-state index is 12.5. The fourth-order valence-corrected chi connectivity index (χ4v) is 12.7. The van der Waals surface area contributed by atoms with E-state index in [0.29, 0.717) is 23.3 Å². The van der Waals surface area contributed by atoms with Gasteiger partial charge in [0.2, 0.25) is 5.95 Å². The number of aromatic amines is 1. The molecule has 3 atom stereocenters. The first kappa shape index (κ1) is 25.8. The Bertz CT molecular complexity index is 1310. The summed E-state index contributed by atoms with van der Waals surface area (Å²) in [5.41, 5.74) is 7.85. The van der Waals surface area contributed by atoms with Crippen LogP contribution in [0.2, 0.25) is 17.6 Å². The number of ether oxygens (including phenoxy) is 2. The van der Waals surface area contributed by atoms with E-state index in [0.717, 1.165) is 12.0 Å². The van der Waals surface area contributed by atoms with E-state index in [1.54, 1.807) is 13.4 Å². The van der Waals surface area contributed by atoms with Crippen molar-refractivity contribution >= 4 is 30.5 Å². The van der Waals surface area contributed by atoms with E-state index in [2.05, 4.69) is 33.7 Å². The van der Waals surface area contributed by atoms with Gasteiger partial charge in [0.05, 0.1) is 19.0 Å². The Morgan fingerprint density at radius 2 is 1.97 bits per heavy atom. The van der Waals surface area contributed by atoms with E-state index >= 15 is 0 Å². The summed E-state index contributed by atoms with van der Waals surface area (Å²) in [6.07, 6.45) is 9.55. The van der Waals surface area contributed by atoms with Crippen molar-refractivity contribution in [3.05, 3.63) is 53.2 Å². The van der Waals surface area contributed by atoms with Crippen LogP contribution >= 0.6 is 0 Å². The molecule has 3 aromatic heterocycles. The van der Waals surface area contributed by atoms with Gasteiger partial charge in [-0.15, -0.1) is 0 Å². The summed E-state index contributed by atoms with van der Waals surface area (Å²) < 4.78 is 14.0. The van der Waals surface area contributed by atoms with Gasteiger partial charge in [-0.25, -0.2) is 4.98 Å². The van der Waals surface area contributed by atoms with Gasteiger partial charge in [-0.1, -0.05) is 50.4 Å². The smallest absolute Gasteiger partial charge is 0.280 e. The molecule has 10 heteroatoms. The molecule has 2 aliphatic rings. The van der Waals surface area contributed by atoms with Gasteiger partial charge in [0.1, 0.15) is 8.07 Å². The van der Waals surface area contributed by atoms with Crippen LogP contribution in [0.15, 0.2) is 47.7 Å². The lowest BCUT2D eigenvalue weighted by Crippen LogP contribution is -2.54. The molecule has 0 aromatic carbocycles. The van der Waals surface area contributed by atoms with Crippen LogP contribution in [0, 0.1) is 5.92 Å². The minimum Gasteiger partial charge on any atom is -0.369 e. The van der Waals surface area contributed by atoms with E-state index < -0.39 is 13.9 Å². The molecule has 198 valence electrons. The number of imidazole rings is 1. The summed E-state index contributed by atoms with van der Waals surface area (Å²) in [4.78, 5) is 28.9. The van der Waals surface area contributed by atoms with Crippen molar-refractivity contribution in [1.82, 2.24) is 24.5 Å². The molecule has 0 bridgehead atoms. The molecule has 37 heavy (non-hydrogen) atoms. The third kappa shape index (κ3) is 4.78. The number of nitrogen functional groups attached to an aromatic ring is 1. The first-order valence-electron chi connectivity index (χ1n) is 13.3. The molecule has 0 amide bonds. The van der Waals surface area contributed by atoms with Crippen LogP contribution in [-0.2, 0) is 9.47 Å². The van der Waals surface area contributed by atoms with Crippen LogP contribution in [0.4, 0.5) is 5.95 Å². The van der Waals surface area contributed by atoms with Gasteiger partial charge in [-0.2, -0.15) is 4.98 Å². The lowest BCUT2D eigenvalue weighted by Gasteiger charge is -2.40. The Morgan fingerprint density at radius 1 is 1.22 bits per heavy atom. The van der Waals surface area contributed by atoms with Crippen molar-refractivity contribution in [3.63, 3.8) is 0 Å². The van der Waals surface area contributed by atoms with Crippen molar-refractivity contribution in [2.75, 3.05) is 19.5 Å². The van der Waals surface area contributed by atoms with Crippen LogP contribution in [0.1, 0.15) is 52.0 Å². The highest BCUT2D eigenvalue weighted by molar-refractivity contribution is 6.92. The van der Waals surface area contributed by atoms with E-state index in [-0.39, 0.29) is 23.5 Å².